The van der Waals surface area contributed by atoms with E-state index in [-0.39, 0.29) is 0 Å². The van der Waals surface area contributed by atoms with Crippen molar-refractivity contribution in [2.24, 2.45) is 0 Å². The Kier molecular flexibility index (Phi) is 5.05. The van der Waals surface area contributed by atoms with Crippen LogP contribution in [0.25, 0.3) is 0 Å². The fourth-order valence-corrected chi connectivity index (χ4v) is 3.51. The lowest BCUT2D eigenvalue weighted by Gasteiger charge is -2.23. The van der Waals surface area contributed by atoms with E-state index in [1.807, 2.05) is 35.1 Å². The Hall–Kier alpha value is -1.36. The zero-order valence-corrected chi connectivity index (χ0v) is 14.3. The van der Waals surface area contributed by atoms with Crippen molar-refractivity contribution in [2.45, 2.75) is 38.3 Å². The van der Waals surface area contributed by atoms with Gasteiger partial charge in [-0.15, -0.1) is 0 Å². The maximum absolute atomic E-state index is 10.8. The van der Waals surface area contributed by atoms with Crippen LogP contribution in [0.5, 0.6) is 0 Å². The second-order valence-electron chi connectivity index (χ2n) is 6.51. The van der Waals surface area contributed by atoms with Crippen LogP contribution >= 0.6 is 11.6 Å². The first-order valence-electron chi connectivity index (χ1n) is 8.27. The first-order chi connectivity index (χ1) is 11.1. The van der Waals surface area contributed by atoms with Crippen LogP contribution in [0.2, 0.25) is 5.02 Å². The zero-order chi connectivity index (χ0) is 16.3. The van der Waals surface area contributed by atoms with E-state index in [9.17, 15) is 5.11 Å². The van der Waals surface area contributed by atoms with E-state index < -0.39 is 5.60 Å². The third-order valence-electron chi connectivity index (χ3n) is 4.56. The summed E-state index contributed by atoms with van der Waals surface area (Å²) in [5.74, 6) is 0. The van der Waals surface area contributed by atoms with Gasteiger partial charge in [0.25, 0.3) is 0 Å². The summed E-state index contributed by atoms with van der Waals surface area (Å²) in [6.07, 6.45) is 6.50. The standard InChI is InChI=1S/C18H24ClN3O/c1-2-22-13-16(12-20-22)6-8-21-9-7-18(23,14-21)11-15-4-3-5-17(19)10-15/h3-5,10,12-13,23H,2,6-9,11,14H2,1H3. The third-order valence-corrected chi connectivity index (χ3v) is 4.80. The van der Waals surface area contributed by atoms with Gasteiger partial charge in [0.2, 0.25) is 0 Å². The molecule has 0 spiro atoms. The van der Waals surface area contributed by atoms with Crippen molar-refractivity contribution in [3.63, 3.8) is 0 Å². The maximum Gasteiger partial charge on any atom is 0.0826 e. The summed E-state index contributed by atoms with van der Waals surface area (Å²) in [5, 5.41) is 15.9. The van der Waals surface area contributed by atoms with Gasteiger partial charge in [0.15, 0.2) is 0 Å². The van der Waals surface area contributed by atoms with Crippen LogP contribution in [0.15, 0.2) is 36.7 Å². The molecule has 1 aliphatic rings. The summed E-state index contributed by atoms with van der Waals surface area (Å²) >= 11 is 6.04. The lowest BCUT2D eigenvalue weighted by molar-refractivity contribution is 0.0498. The summed E-state index contributed by atoms with van der Waals surface area (Å²) < 4.78 is 1.95. The van der Waals surface area contributed by atoms with Crippen molar-refractivity contribution in [1.82, 2.24) is 14.7 Å². The molecule has 0 aliphatic carbocycles. The monoisotopic (exact) mass is 333 g/mol. The number of likely N-dealkylation sites (tertiary alicyclic amines) is 1. The molecule has 23 heavy (non-hydrogen) atoms. The van der Waals surface area contributed by atoms with Gasteiger partial charge in [-0.2, -0.15) is 5.10 Å². The minimum atomic E-state index is -0.641. The number of nitrogens with zero attached hydrogens (tertiary/aromatic N) is 3. The molecule has 0 amide bonds. The lowest BCUT2D eigenvalue weighted by atomic mass is 9.94. The molecule has 1 atom stereocenters. The second-order valence-corrected chi connectivity index (χ2v) is 6.95. The highest BCUT2D eigenvalue weighted by Gasteiger charge is 2.35. The fraction of sp³-hybridized carbons (Fsp3) is 0.500. The highest BCUT2D eigenvalue weighted by atomic mass is 35.5. The van der Waals surface area contributed by atoms with Gasteiger partial charge in [0.05, 0.1) is 11.8 Å². The molecule has 1 N–H and O–H groups in total. The number of rotatable bonds is 6. The molecular formula is C18H24ClN3O. The number of β-amino-alcohol motifs (C(OH)–C–C–N with tert-alkyl or cyclic N) is 1. The van der Waals surface area contributed by atoms with Crippen LogP contribution in [-0.4, -0.2) is 45.0 Å². The molecule has 1 aliphatic heterocycles. The van der Waals surface area contributed by atoms with Gasteiger partial charge in [-0.25, -0.2) is 0 Å². The predicted molar refractivity (Wildman–Crippen MR) is 92.8 cm³/mol. The van der Waals surface area contributed by atoms with Crippen molar-refractivity contribution < 1.29 is 5.11 Å². The molecule has 0 radical (unpaired) electrons. The fourth-order valence-electron chi connectivity index (χ4n) is 3.30. The summed E-state index contributed by atoms with van der Waals surface area (Å²) in [4.78, 5) is 2.34. The van der Waals surface area contributed by atoms with E-state index in [4.69, 9.17) is 11.6 Å². The molecule has 1 aromatic carbocycles. The van der Waals surface area contributed by atoms with Crippen molar-refractivity contribution in [3.05, 3.63) is 52.8 Å². The van der Waals surface area contributed by atoms with Crippen LogP contribution < -0.4 is 0 Å². The number of hydrogen-bond donors (Lipinski definition) is 1. The van der Waals surface area contributed by atoms with Gasteiger partial charge in [0, 0.05) is 43.8 Å². The minimum absolute atomic E-state index is 0.641. The molecular weight excluding hydrogens is 310 g/mol. The molecule has 1 saturated heterocycles. The van der Waals surface area contributed by atoms with Gasteiger partial charge in [0.1, 0.15) is 0 Å². The van der Waals surface area contributed by atoms with Gasteiger partial charge < -0.3 is 10.0 Å². The van der Waals surface area contributed by atoms with Crippen LogP contribution in [0.4, 0.5) is 0 Å². The van der Waals surface area contributed by atoms with Crippen LogP contribution in [-0.2, 0) is 19.4 Å². The predicted octanol–water partition coefficient (Wildman–Crippen LogP) is 2.78. The topological polar surface area (TPSA) is 41.3 Å². The number of aliphatic hydroxyl groups is 1. The van der Waals surface area contributed by atoms with Crippen molar-refractivity contribution in [2.75, 3.05) is 19.6 Å². The average Bonchev–Trinajstić information content (AvgIpc) is 3.12. The second kappa shape index (κ2) is 7.04. The number of aryl methyl sites for hydroxylation is 1. The van der Waals surface area contributed by atoms with Crippen LogP contribution in [0.3, 0.4) is 0 Å². The minimum Gasteiger partial charge on any atom is -0.388 e. The Morgan fingerprint density at radius 2 is 2.22 bits per heavy atom. The van der Waals surface area contributed by atoms with Gasteiger partial charge >= 0.3 is 0 Å². The maximum atomic E-state index is 10.8. The number of hydrogen-bond acceptors (Lipinski definition) is 3. The SMILES string of the molecule is CCn1cc(CCN2CCC(O)(Cc3cccc(Cl)c3)C2)cn1. The normalized spacial score (nSPS) is 21.9. The average molecular weight is 334 g/mol. The molecule has 2 heterocycles. The molecule has 3 rings (SSSR count). The number of halogens is 1. The highest BCUT2D eigenvalue weighted by Crippen LogP contribution is 2.26. The third kappa shape index (κ3) is 4.34. The quantitative estimate of drug-likeness (QED) is 0.883. The van der Waals surface area contributed by atoms with Crippen LogP contribution in [0.1, 0.15) is 24.5 Å². The molecule has 1 aromatic heterocycles. The van der Waals surface area contributed by atoms with Crippen LogP contribution in [0, 0.1) is 0 Å². The van der Waals surface area contributed by atoms with Crippen molar-refractivity contribution in [1.29, 1.82) is 0 Å². The molecule has 124 valence electrons. The van der Waals surface area contributed by atoms with E-state index in [1.54, 1.807) is 0 Å². The Morgan fingerprint density at radius 3 is 2.96 bits per heavy atom. The van der Waals surface area contributed by atoms with E-state index in [0.717, 1.165) is 49.6 Å². The van der Waals surface area contributed by atoms with E-state index >= 15 is 0 Å². The highest BCUT2D eigenvalue weighted by molar-refractivity contribution is 6.30. The molecule has 0 saturated carbocycles. The summed E-state index contributed by atoms with van der Waals surface area (Å²) in [6, 6.07) is 7.79. The molecule has 1 fully saturated rings. The largest absolute Gasteiger partial charge is 0.388 e. The zero-order valence-electron chi connectivity index (χ0n) is 13.6. The first-order valence-corrected chi connectivity index (χ1v) is 8.65. The molecule has 0 bridgehead atoms. The Bertz CT molecular complexity index is 657. The van der Waals surface area contributed by atoms with Gasteiger partial charge in [-0.05, 0) is 43.0 Å². The first kappa shape index (κ1) is 16.5. The van der Waals surface area contributed by atoms with Gasteiger partial charge in [-0.3, -0.25) is 4.68 Å². The molecule has 2 aromatic rings. The Morgan fingerprint density at radius 1 is 1.35 bits per heavy atom. The smallest absolute Gasteiger partial charge is 0.0826 e. The number of benzene rings is 1. The van der Waals surface area contributed by atoms with E-state index in [0.29, 0.717) is 6.42 Å². The molecule has 5 heteroatoms. The van der Waals surface area contributed by atoms with E-state index in [1.165, 1.54) is 5.56 Å². The lowest BCUT2D eigenvalue weighted by Crippen LogP contribution is -2.36. The van der Waals surface area contributed by atoms with Crippen molar-refractivity contribution in [3.8, 4) is 0 Å². The Balaban J connectivity index is 1.52. The molecule has 4 nitrogen and oxygen atoms in total. The van der Waals surface area contributed by atoms with Gasteiger partial charge in [-0.1, -0.05) is 23.7 Å². The molecule has 1 unspecified atom stereocenters. The van der Waals surface area contributed by atoms with E-state index in [2.05, 4.69) is 23.1 Å². The summed E-state index contributed by atoms with van der Waals surface area (Å²) in [6.45, 7) is 5.63. The summed E-state index contributed by atoms with van der Waals surface area (Å²) in [5.41, 5.74) is 1.72. The van der Waals surface area contributed by atoms with Crippen molar-refractivity contribution >= 4 is 11.6 Å². The summed E-state index contributed by atoms with van der Waals surface area (Å²) in [7, 11) is 0. The number of aromatic nitrogens is 2. The Labute approximate surface area is 142 Å².